The van der Waals surface area contributed by atoms with Gasteiger partial charge in [-0.2, -0.15) is 0 Å². The number of carbonyl (C=O) groups is 1. The minimum absolute atomic E-state index is 0.224. The Balaban J connectivity index is 0. The fourth-order valence-corrected chi connectivity index (χ4v) is 5.01. The molecule has 1 aromatic heterocycles. The lowest BCUT2D eigenvalue weighted by Gasteiger charge is -2.11. The van der Waals surface area contributed by atoms with Crippen LogP contribution in [0, 0.1) is 5.82 Å². The van der Waals surface area contributed by atoms with E-state index in [1.165, 1.54) is 28.3 Å². The van der Waals surface area contributed by atoms with E-state index in [1.54, 1.807) is 30.4 Å². The molecule has 3 rings (SSSR count). The van der Waals surface area contributed by atoms with Gasteiger partial charge in [-0.15, -0.1) is 17.9 Å². The van der Waals surface area contributed by atoms with Gasteiger partial charge in [0, 0.05) is 11.5 Å². The molecular weight excluding hydrogens is 565 g/mol. The van der Waals surface area contributed by atoms with E-state index in [9.17, 15) is 9.18 Å². The van der Waals surface area contributed by atoms with Crippen molar-refractivity contribution in [1.29, 1.82) is 0 Å². The standard InChI is InChI=1S/C21H26FNS.C9H12.C4H8.C3H6O2.C2H6/c1-5-8-15(4)20-19(16-11-13-18(22)14-12-16)23-21(24-20)17(9-6-2)10-7-3;1-8(2)9-6-4-3-5-7-9;1-4(2)3;1-2-5-3-4;1-2/h5,8,11-14,17H,4,6-7,9-10H2,1-3H3;3-8H,1-2H3;1H2,2-3H3;3H,2H2,1H3;1-2H3/b8-5-;;;;. The number of thiazole rings is 1. The predicted molar refractivity (Wildman–Crippen MR) is 194 cm³/mol. The molecule has 0 fully saturated rings. The highest BCUT2D eigenvalue weighted by atomic mass is 32.1. The van der Waals surface area contributed by atoms with Crippen LogP contribution in [0.25, 0.3) is 16.8 Å². The third kappa shape index (κ3) is 19.1. The average Bonchev–Trinajstić information content (AvgIpc) is 3.45. The second kappa shape index (κ2) is 27.3. The van der Waals surface area contributed by atoms with Gasteiger partial charge in [0.1, 0.15) is 5.82 Å². The molecule has 0 atom stereocenters. The van der Waals surface area contributed by atoms with Gasteiger partial charge in [-0.3, -0.25) is 4.79 Å². The summed E-state index contributed by atoms with van der Waals surface area (Å²) in [5, 5.41) is 1.18. The van der Waals surface area contributed by atoms with Gasteiger partial charge in [0.05, 0.1) is 22.2 Å². The van der Waals surface area contributed by atoms with Crippen molar-refractivity contribution in [3.05, 3.63) is 107 Å². The van der Waals surface area contributed by atoms with Crippen molar-refractivity contribution < 1.29 is 13.9 Å². The van der Waals surface area contributed by atoms with Gasteiger partial charge in [-0.1, -0.05) is 109 Å². The number of rotatable bonds is 11. The van der Waals surface area contributed by atoms with Gasteiger partial charge in [0.15, 0.2) is 0 Å². The van der Waals surface area contributed by atoms with E-state index in [2.05, 4.69) is 69.9 Å². The summed E-state index contributed by atoms with van der Waals surface area (Å²) < 4.78 is 17.4. The summed E-state index contributed by atoms with van der Waals surface area (Å²) in [6, 6.07) is 17.1. The molecule has 0 aliphatic rings. The van der Waals surface area contributed by atoms with Gasteiger partial charge < -0.3 is 4.74 Å². The zero-order chi connectivity index (χ0) is 33.9. The Morgan fingerprint density at radius 1 is 0.955 bits per heavy atom. The van der Waals surface area contributed by atoms with Crippen LogP contribution in [0.15, 0.2) is 85.5 Å². The molecule has 0 spiro atoms. The van der Waals surface area contributed by atoms with Crippen molar-refractivity contribution in [3.63, 3.8) is 0 Å². The molecule has 0 aliphatic heterocycles. The normalized spacial score (nSPS) is 9.84. The molecule has 0 bridgehead atoms. The van der Waals surface area contributed by atoms with Crippen molar-refractivity contribution in [2.24, 2.45) is 0 Å². The number of nitrogens with zero attached hydrogens (tertiary/aromatic N) is 1. The van der Waals surface area contributed by atoms with Gasteiger partial charge in [-0.05, 0) is 81.9 Å². The van der Waals surface area contributed by atoms with E-state index in [0.29, 0.717) is 24.9 Å². The molecule has 1 heterocycles. The first-order chi connectivity index (χ1) is 21.1. The molecule has 0 aliphatic carbocycles. The van der Waals surface area contributed by atoms with Gasteiger partial charge >= 0.3 is 0 Å². The third-order valence-electron chi connectivity index (χ3n) is 5.75. The molecule has 44 heavy (non-hydrogen) atoms. The van der Waals surface area contributed by atoms with Crippen molar-refractivity contribution in [3.8, 4) is 11.3 Å². The fourth-order valence-electron chi connectivity index (χ4n) is 3.80. The quantitative estimate of drug-likeness (QED) is 0.121. The van der Waals surface area contributed by atoms with Crippen LogP contribution in [0.1, 0.15) is 122 Å². The molecule has 0 unspecified atom stereocenters. The monoisotopic (exact) mass is 623 g/mol. The van der Waals surface area contributed by atoms with Crippen molar-refractivity contribution in [2.45, 2.75) is 107 Å². The first kappa shape index (κ1) is 42.8. The Morgan fingerprint density at radius 2 is 1.48 bits per heavy atom. The Kier molecular flexibility index (Phi) is 26.5. The lowest BCUT2D eigenvalue weighted by atomic mass is 9.99. The van der Waals surface area contributed by atoms with Crippen LogP contribution < -0.4 is 0 Å². The molecule has 2 aromatic carbocycles. The zero-order valence-corrected chi connectivity index (χ0v) is 29.9. The highest BCUT2D eigenvalue weighted by Crippen LogP contribution is 2.39. The van der Waals surface area contributed by atoms with E-state index in [4.69, 9.17) is 4.98 Å². The maximum Gasteiger partial charge on any atom is 0.293 e. The van der Waals surface area contributed by atoms with Crippen LogP contribution in [0.2, 0.25) is 0 Å². The molecule has 0 saturated heterocycles. The Bertz CT molecular complexity index is 1170. The molecule has 0 N–H and O–H groups in total. The molecule has 3 aromatic rings. The van der Waals surface area contributed by atoms with Crippen LogP contribution in [-0.2, 0) is 9.53 Å². The van der Waals surface area contributed by atoms with E-state index in [-0.39, 0.29) is 5.82 Å². The lowest BCUT2D eigenvalue weighted by molar-refractivity contribution is -0.128. The Labute approximate surface area is 273 Å². The summed E-state index contributed by atoms with van der Waals surface area (Å²) in [6.07, 6.45) is 8.62. The number of halogens is 1. The number of hydrogen-bond donors (Lipinski definition) is 0. The summed E-state index contributed by atoms with van der Waals surface area (Å²) >= 11 is 1.74. The first-order valence-electron chi connectivity index (χ1n) is 15.9. The minimum Gasteiger partial charge on any atom is -0.468 e. The molecule has 0 radical (unpaired) electrons. The summed E-state index contributed by atoms with van der Waals surface area (Å²) in [6.45, 7) is 29.2. The predicted octanol–water partition coefficient (Wildman–Crippen LogP) is 12.8. The molecular formula is C39H58FNO2S. The molecule has 0 saturated carbocycles. The summed E-state index contributed by atoms with van der Waals surface area (Å²) in [5.41, 5.74) is 5.42. The zero-order valence-electron chi connectivity index (χ0n) is 29.1. The number of carbonyl (C=O) groups excluding carboxylic acids is 1. The van der Waals surface area contributed by atoms with Crippen LogP contribution in [0.5, 0.6) is 0 Å². The second-order valence-corrected chi connectivity index (χ2v) is 11.4. The number of allylic oxidation sites excluding steroid dienone is 4. The second-order valence-electron chi connectivity index (χ2n) is 10.4. The third-order valence-corrected chi connectivity index (χ3v) is 7.04. The van der Waals surface area contributed by atoms with Gasteiger partial charge in [0.2, 0.25) is 0 Å². The average molecular weight is 624 g/mol. The number of benzene rings is 2. The van der Waals surface area contributed by atoms with Crippen LogP contribution in [0.4, 0.5) is 4.39 Å². The van der Waals surface area contributed by atoms with E-state index in [1.807, 2.05) is 52.8 Å². The number of aromatic nitrogens is 1. The Hall–Kier alpha value is -3.31. The lowest BCUT2D eigenvalue weighted by Crippen LogP contribution is -1.97. The topological polar surface area (TPSA) is 39.2 Å². The maximum atomic E-state index is 13.3. The van der Waals surface area contributed by atoms with Gasteiger partial charge in [0.25, 0.3) is 6.47 Å². The van der Waals surface area contributed by atoms with E-state index in [0.717, 1.165) is 47.4 Å². The van der Waals surface area contributed by atoms with Crippen LogP contribution >= 0.6 is 11.3 Å². The molecule has 3 nitrogen and oxygen atoms in total. The van der Waals surface area contributed by atoms with Crippen LogP contribution in [0.3, 0.4) is 0 Å². The van der Waals surface area contributed by atoms with Crippen LogP contribution in [-0.4, -0.2) is 18.1 Å². The SMILES string of the molecule is C=C(/C=C\C)c1sc(C(CCC)CCC)nc1-c1ccc(F)cc1.C=C(C)C.CC.CC(C)c1ccccc1.CCOC=O. The molecule has 244 valence electrons. The highest BCUT2D eigenvalue weighted by molar-refractivity contribution is 7.13. The summed E-state index contributed by atoms with van der Waals surface area (Å²) in [5.74, 6) is 0.931. The fraction of sp³-hybridized carbons (Fsp3) is 0.436. The van der Waals surface area contributed by atoms with Crippen molar-refractivity contribution in [1.82, 2.24) is 4.98 Å². The van der Waals surface area contributed by atoms with Crippen molar-refractivity contribution >= 4 is 23.4 Å². The Morgan fingerprint density at radius 3 is 1.84 bits per heavy atom. The maximum absolute atomic E-state index is 13.3. The smallest absolute Gasteiger partial charge is 0.293 e. The first-order valence-corrected chi connectivity index (χ1v) is 16.7. The number of hydrogen-bond acceptors (Lipinski definition) is 4. The van der Waals surface area contributed by atoms with E-state index >= 15 is 0 Å². The summed E-state index contributed by atoms with van der Waals surface area (Å²) in [7, 11) is 0. The largest absolute Gasteiger partial charge is 0.468 e. The van der Waals surface area contributed by atoms with E-state index < -0.39 is 0 Å². The highest BCUT2D eigenvalue weighted by Gasteiger charge is 2.20. The minimum atomic E-state index is -0.224. The number of ether oxygens (including phenoxy) is 1. The molecule has 0 amide bonds. The molecule has 5 heteroatoms. The van der Waals surface area contributed by atoms with Gasteiger partial charge in [-0.25, -0.2) is 9.37 Å². The van der Waals surface area contributed by atoms with Crippen molar-refractivity contribution in [2.75, 3.05) is 6.61 Å². The summed E-state index contributed by atoms with van der Waals surface area (Å²) in [4.78, 5) is 15.2.